The van der Waals surface area contributed by atoms with E-state index in [1.54, 1.807) is 19.1 Å². The molecule has 1 aromatic carbocycles. The molecule has 0 radical (unpaired) electrons. The first kappa shape index (κ1) is 22.3. The Hall–Kier alpha value is -2.74. The molecule has 0 aliphatic heterocycles. The molecule has 0 bridgehead atoms. The molecule has 0 aromatic heterocycles. The van der Waals surface area contributed by atoms with Crippen LogP contribution in [0.2, 0.25) is 0 Å². The SMILES string of the molecule is C=CCOC(=O)N[C@@H](Cc1ccc(C(=O)N=N)cc1)C(=O)OCC.Cl. The third kappa shape index (κ3) is 7.58. The van der Waals surface area contributed by atoms with Gasteiger partial charge < -0.3 is 14.8 Å². The zero-order chi connectivity index (χ0) is 17.9. The fraction of sp³-hybridized carbons (Fsp3) is 0.312. The monoisotopic (exact) mass is 369 g/mol. The quantitative estimate of drug-likeness (QED) is 0.415. The van der Waals surface area contributed by atoms with E-state index >= 15 is 0 Å². The number of rotatable bonds is 8. The van der Waals surface area contributed by atoms with E-state index in [4.69, 9.17) is 15.0 Å². The Labute approximate surface area is 151 Å². The number of esters is 1. The van der Waals surface area contributed by atoms with Gasteiger partial charge in [-0.1, -0.05) is 24.8 Å². The van der Waals surface area contributed by atoms with Gasteiger partial charge in [0, 0.05) is 12.0 Å². The van der Waals surface area contributed by atoms with Crippen molar-refractivity contribution in [2.45, 2.75) is 19.4 Å². The van der Waals surface area contributed by atoms with Crippen LogP contribution in [-0.2, 0) is 20.7 Å². The molecule has 0 aliphatic carbocycles. The highest BCUT2D eigenvalue weighted by molar-refractivity contribution is 5.94. The number of alkyl carbamates (subject to hydrolysis) is 1. The van der Waals surface area contributed by atoms with Crippen molar-refractivity contribution < 1.29 is 23.9 Å². The molecule has 0 saturated heterocycles. The molecule has 25 heavy (non-hydrogen) atoms. The molecule has 0 unspecified atom stereocenters. The minimum atomic E-state index is -0.926. The zero-order valence-electron chi connectivity index (χ0n) is 13.7. The summed E-state index contributed by atoms with van der Waals surface area (Å²) in [5.74, 6) is -1.25. The lowest BCUT2D eigenvalue weighted by molar-refractivity contribution is -0.145. The number of ether oxygens (including phenoxy) is 2. The highest BCUT2D eigenvalue weighted by Crippen LogP contribution is 2.09. The topological polar surface area (TPSA) is 118 Å². The number of halogens is 1. The van der Waals surface area contributed by atoms with E-state index in [1.165, 1.54) is 18.2 Å². The highest BCUT2D eigenvalue weighted by Gasteiger charge is 2.23. The van der Waals surface area contributed by atoms with Gasteiger partial charge >= 0.3 is 12.1 Å². The summed E-state index contributed by atoms with van der Waals surface area (Å²) in [5, 5.41) is 5.26. The molecular weight excluding hydrogens is 350 g/mol. The van der Waals surface area contributed by atoms with Gasteiger partial charge in [0.1, 0.15) is 12.6 Å². The molecule has 0 aliphatic rings. The summed E-state index contributed by atoms with van der Waals surface area (Å²) in [6.45, 7) is 5.29. The van der Waals surface area contributed by atoms with Crippen LogP contribution in [-0.4, -0.2) is 37.2 Å². The first-order valence-corrected chi connectivity index (χ1v) is 7.23. The van der Waals surface area contributed by atoms with E-state index in [-0.39, 0.29) is 37.6 Å². The van der Waals surface area contributed by atoms with Crippen molar-refractivity contribution in [2.24, 2.45) is 5.11 Å². The zero-order valence-corrected chi connectivity index (χ0v) is 14.5. The second kappa shape index (κ2) is 11.7. The van der Waals surface area contributed by atoms with Gasteiger partial charge in [-0.05, 0) is 24.6 Å². The van der Waals surface area contributed by atoms with Crippen molar-refractivity contribution in [1.29, 1.82) is 5.53 Å². The van der Waals surface area contributed by atoms with Crippen LogP contribution in [0.15, 0.2) is 42.0 Å². The molecule has 9 heteroatoms. The average Bonchev–Trinajstić information content (AvgIpc) is 2.59. The van der Waals surface area contributed by atoms with E-state index in [0.717, 1.165) is 0 Å². The maximum Gasteiger partial charge on any atom is 0.408 e. The van der Waals surface area contributed by atoms with Gasteiger partial charge in [0.2, 0.25) is 0 Å². The molecule has 0 saturated carbocycles. The lowest BCUT2D eigenvalue weighted by atomic mass is 10.0. The van der Waals surface area contributed by atoms with Crippen LogP contribution < -0.4 is 5.32 Å². The molecule has 0 heterocycles. The Morgan fingerprint density at radius 3 is 2.44 bits per heavy atom. The predicted molar refractivity (Wildman–Crippen MR) is 92.0 cm³/mol. The van der Waals surface area contributed by atoms with E-state index in [0.29, 0.717) is 5.56 Å². The number of benzene rings is 1. The summed E-state index contributed by atoms with van der Waals surface area (Å²) >= 11 is 0. The Bertz CT molecular complexity index is 619. The number of hydrogen-bond acceptors (Lipinski definition) is 6. The van der Waals surface area contributed by atoms with Gasteiger partial charge in [0.25, 0.3) is 5.91 Å². The Morgan fingerprint density at radius 1 is 1.28 bits per heavy atom. The van der Waals surface area contributed by atoms with E-state index < -0.39 is 24.0 Å². The van der Waals surface area contributed by atoms with Crippen LogP contribution in [0, 0.1) is 5.53 Å². The summed E-state index contributed by atoms with van der Waals surface area (Å²) in [6, 6.07) is 5.29. The fourth-order valence-electron chi connectivity index (χ4n) is 1.84. The van der Waals surface area contributed by atoms with Gasteiger partial charge in [-0.3, -0.25) is 4.79 Å². The number of amides is 2. The van der Waals surface area contributed by atoms with Crippen molar-refractivity contribution in [1.82, 2.24) is 5.32 Å². The van der Waals surface area contributed by atoms with Crippen molar-refractivity contribution in [3.05, 3.63) is 48.0 Å². The van der Waals surface area contributed by atoms with Gasteiger partial charge in [0.05, 0.1) is 6.61 Å². The summed E-state index contributed by atoms with van der Waals surface area (Å²) in [6.07, 6.45) is 0.813. The lowest BCUT2D eigenvalue weighted by Gasteiger charge is -2.17. The first-order chi connectivity index (χ1) is 11.5. The molecule has 8 nitrogen and oxygen atoms in total. The van der Waals surface area contributed by atoms with Crippen LogP contribution >= 0.6 is 12.4 Å². The van der Waals surface area contributed by atoms with Crippen molar-refractivity contribution in [3.63, 3.8) is 0 Å². The molecule has 0 spiro atoms. The molecule has 136 valence electrons. The Balaban J connectivity index is 0.00000576. The van der Waals surface area contributed by atoms with Crippen molar-refractivity contribution in [3.8, 4) is 0 Å². The number of hydrogen-bond donors (Lipinski definition) is 2. The number of nitrogens with one attached hydrogen (secondary N) is 2. The van der Waals surface area contributed by atoms with Crippen LogP contribution in [0.3, 0.4) is 0 Å². The molecule has 1 rings (SSSR count). The third-order valence-corrected chi connectivity index (χ3v) is 2.94. The van der Waals surface area contributed by atoms with E-state index in [9.17, 15) is 14.4 Å². The maximum atomic E-state index is 12.0. The van der Waals surface area contributed by atoms with Crippen LogP contribution in [0.4, 0.5) is 4.79 Å². The van der Waals surface area contributed by atoms with Crippen LogP contribution in [0.5, 0.6) is 0 Å². The van der Waals surface area contributed by atoms with Gasteiger partial charge in [-0.2, -0.15) is 0 Å². The minimum absolute atomic E-state index is 0. The summed E-state index contributed by atoms with van der Waals surface area (Å²) in [7, 11) is 0. The fourth-order valence-corrected chi connectivity index (χ4v) is 1.84. The van der Waals surface area contributed by atoms with Gasteiger partial charge in [-0.25, -0.2) is 15.1 Å². The number of carbonyl (C=O) groups excluding carboxylic acids is 3. The lowest BCUT2D eigenvalue weighted by Crippen LogP contribution is -2.43. The first-order valence-electron chi connectivity index (χ1n) is 7.23. The summed E-state index contributed by atoms with van der Waals surface area (Å²) in [4.78, 5) is 34.9. The summed E-state index contributed by atoms with van der Waals surface area (Å²) < 4.78 is 9.74. The second-order valence-corrected chi connectivity index (χ2v) is 4.65. The van der Waals surface area contributed by atoms with Crippen LogP contribution in [0.1, 0.15) is 22.8 Å². The normalized spacial score (nSPS) is 10.6. The average molecular weight is 370 g/mol. The molecule has 1 aromatic rings. The molecule has 1 atom stereocenters. The Kier molecular flexibility index (Phi) is 10.5. The minimum Gasteiger partial charge on any atom is -0.464 e. The highest BCUT2D eigenvalue weighted by atomic mass is 35.5. The third-order valence-electron chi connectivity index (χ3n) is 2.94. The maximum absolute atomic E-state index is 12.0. The standard InChI is InChI=1S/C16H19N3O5.ClH/c1-3-9-24-16(22)18-13(15(21)23-4-2)10-11-5-7-12(8-6-11)14(20)19-17;/h3,5-8,13,17H,1,4,9-10H2,2H3,(H,18,22);1H/t13-;/m0./s1. The van der Waals surface area contributed by atoms with E-state index in [1.807, 2.05) is 0 Å². The second-order valence-electron chi connectivity index (χ2n) is 4.65. The molecule has 2 N–H and O–H groups in total. The molecule has 0 fully saturated rings. The van der Waals surface area contributed by atoms with Crippen LogP contribution in [0.25, 0.3) is 0 Å². The number of carbonyl (C=O) groups is 3. The summed E-state index contributed by atoms with van der Waals surface area (Å²) in [5.41, 5.74) is 7.65. The van der Waals surface area contributed by atoms with Crippen molar-refractivity contribution in [2.75, 3.05) is 13.2 Å². The number of nitrogens with zero attached hydrogens (tertiary/aromatic N) is 1. The van der Waals surface area contributed by atoms with Crippen molar-refractivity contribution >= 4 is 30.4 Å². The Morgan fingerprint density at radius 2 is 1.92 bits per heavy atom. The van der Waals surface area contributed by atoms with Gasteiger partial charge in [-0.15, -0.1) is 17.5 Å². The molecular formula is C16H20ClN3O5. The molecule has 2 amide bonds. The smallest absolute Gasteiger partial charge is 0.408 e. The largest absolute Gasteiger partial charge is 0.464 e. The predicted octanol–water partition coefficient (Wildman–Crippen LogP) is 2.67. The van der Waals surface area contributed by atoms with Gasteiger partial charge in [0.15, 0.2) is 0 Å². The van der Waals surface area contributed by atoms with E-state index in [2.05, 4.69) is 17.0 Å².